The minimum atomic E-state index is -0.354. The number of hydrogen-bond donors (Lipinski definition) is 4. The van der Waals surface area contributed by atoms with E-state index < -0.39 is 0 Å². The average Bonchev–Trinajstić information content (AvgIpc) is 2.11. The zero-order chi connectivity index (χ0) is 9.84. The molecule has 0 heterocycles. The summed E-state index contributed by atoms with van der Waals surface area (Å²) in [6.45, 7) is -0.103. The first-order valence-corrected chi connectivity index (χ1v) is 4.07. The molecule has 4 nitrogen and oxygen atoms in total. The highest BCUT2D eigenvalue weighted by Gasteiger charge is 2.06. The molecule has 72 valence electrons. The van der Waals surface area contributed by atoms with Crippen molar-refractivity contribution in [1.82, 2.24) is 0 Å². The molecule has 0 aliphatic heterocycles. The van der Waals surface area contributed by atoms with E-state index in [9.17, 15) is 5.11 Å². The second kappa shape index (κ2) is 4.11. The summed E-state index contributed by atoms with van der Waals surface area (Å²) in [5.41, 5.74) is 12.3. The maximum atomic E-state index is 9.39. The monoisotopic (exact) mass is 182 g/mol. The van der Waals surface area contributed by atoms with Crippen LogP contribution in [0.1, 0.15) is 5.56 Å². The smallest absolute Gasteiger partial charge is 0.118 e. The van der Waals surface area contributed by atoms with Crippen LogP contribution in [0.5, 0.6) is 5.75 Å². The molecule has 0 saturated carbocycles. The van der Waals surface area contributed by atoms with Gasteiger partial charge >= 0.3 is 0 Å². The van der Waals surface area contributed by atoms with E-state index >= 15 is 0 Å². The highest BCUT2D eigenvalue weighted by Crippen LogP contribution is 2.20. The van der Waals surface area contributed by atoms with Crippen LogP contribution in [0.2, 0.25) is 0 Å². The molecule has 1 atom stereocenters. The van der Waals surface area contributed by atoms with Crippen molar-refractivity contribution in [3.63, 3.8) is 0 Å². The summed E-state index contributed by atoms with van der Waals surface area (Å²) in [5.74, 6) is 0.165. The van der Waals surface area contributed by atoms with Gasteiger partial charge in [0.25, 0.3) is 0 Å². The van der Waals surface area contributed by atoms with E-state index in [0.717, 1.165) is 0 Å². The molecule has 0 saturated heterocycles. The van der Waals surface area contributed by atoms with Gasteiger partial charge in [0.05, 0.1) is 6.61 Å². The average molecular weight is 182 g/mol. The molecule has 13 heavy (non-hydrogen) atoms. The van der Waals surface area contributed by atoms with Gasteiger partial charge in [0, 0.05) is 11.7 Å². The molecule has 0 aliphatic rings. The molecular formula is C9H14N2O2. The molecule has 1 aromatic carbocycles. The maximum absolute atomic E-state index is 9.39. The maximum Gasteiger partial charge on any atom is 0.118 e. The number of hydrogen-bond acceptors (Lipinski definition) is 4. The lowest BCUT2D eigenvalue weighted by atomic mass is 10.1. The van der Waals surface area contributed by atoms with Crippen molar-refractivity contribution < 1.29 is 10.2 Å². The van der Waals surface area contributed by atoms with Crippen LogP contribution in [0.15, 0.2) is 18.2 Å². The predicted molar refractivity (Wildman–Crippen MR) is 51.3 cm³/mol. The topological polar surface area (TPSA) is 92.5 Å². The third kappa shape index (κ3) is 2.61. The van der Waals surface area contributed by atoms with Gasteiger partial charge in [-0.15, -0.1) is 0 Å². The zero-order valence-corrected chi connectivity index (χ0v) is 7.27. The van der Waals surface area contributed by atoms with E-state index in [-0.39, 0.29) is 18.4 Å². The van der Waals surface area contributed by atoms with E-state index in [4.69, 9.17) is 16.6 Å². The van der Waals surface area contributed by atoms with Crippen molar-refractivity contribution in [3.05, 3.63) is 23.8 Å². The zero-order valence-electron chi connectivity index (χ0n) is 7.27. The first-order valence-electron chi connectivity index (χ1n) is 4.07. The lowest BCUT2D eigenvalue weighted by Crippen LogP contribution is -2.26. The van der Waals surface area contributed by atoms with Crippen LogP contribution in [-0.2, 0) is 6.42 Å². The van der Waals surface area contributed by atoms with Gasteiger partial charge in [-0.25, -0.2) is 0 Å². The summed E-state index contributed by atoms with van der Waals surface area (Å²) in [6.07, 6.45) is 0.424. The number of aliphatic hydroxyl groups is 1. The van der Waals surface area contributed by atoms with Gasteiger partial charge in [-0.05, 0) is 30.2 Å². The first-order chi connectivity index (χ1) is 6.13. The summed E-state index contributed by atoms with van der Waals surface area (Å²) in [6, 6.07) is 4.44. The second-order valence-corrected chi connectivity index (χ2v) is 3.03. The van der Waals surface area contributed by atoms with Crippen LogP contribution < -0.4 is 11.5 Å². The Balaban J connectivity index is 2.81. The minimum absolute atomic E-state index is 0.103. The number of phenols is 1. The molecule has 1 rings (SSSR count). The molecule has 0 radical (unpaired) electrons. The van der Waals surface area contributed by atoms with Gasteiger partial charge in [0.1, 0.15) is 5.75 Å². The van der Waals surface area contributed by atoms with E-state index in [1.54, 1.807) is 12.1 Å². The van der Waals surface area contributed by atoms with Crippen molar-refractivity contribution in [2.45, 2.75) is 12.5 Å². The largest absolute Gasteiger partial charge is 0.508 e. The summed E-state index contributed by atoms with van der Waals surface area (Å²) in [4.78, 5) is 0. The van der Waals surface area contributed by atoms with Crippen molar-refractivity contribution in [2.24, 2.45) is 5.73 Å². The third-order valence-electron chi connectivity index (χ3n) is 1.82. The van der Waals surface area contributed by atoms with Crippen LogP contribution in [0.4, 0.5) is 5.69 Å². The van der Waals surface area contributed by atoms with E-state index in [2.05, 4.69) is 0 Å². The number of phenolic OH excluding ortho intramolecular Hbond substituents is 1. The summed E-state index contributed by atoms with van der Waals surface area (Å²) in [5, 5.41) is 18.1. The summed E-state index contributed by atoms with van der Waals surface area (Å²) < 4.78 is 0. The van der Waals surface area contributed by atoms with Crippen molar-refractivity contribution in [2.75, 3.05) is 12.3 Å². The fourth-order valence-electron chi connectivity index (χ4n) is 1.12. The summed E-state index contributed by atoms with van der Waals surface area (Å²) in [7, 11) is 0. The molecule has 0 aliphatic carbocycles. The normalized spacial score (nSPS) is 12.8. The van der Waals surface area contributed by atoms with Crippen LogP contribution in [0.3, 0.4) is 0 Å². The lowest BCUT2D eigenvalue weighted by molar-refractivity contribution is 0.264. The van der Waals surface area contributed by atoms with Crippen molar-refractivity contribution in [1.29, 1.82) is 0 Å². The molecule has 0 fully saturated rings. The Morgan fingerprint density at radius 3 is 2.69 bits per heavy atom. The number of aliphatic hydroxyl groups excluding tert-OH is 1. The Morgan fingerprint density at radius 1 is 1.38 bits per heavy atom. The molecule has 1 aromatic rings. The molecule has 0 spiro atoms. The highest BCUT2D eigenvalue weighted by molar-refractivity contribution is 5.47. The predicted octanol–water partition coefficient (Wildman–Crippen LogP) is -0.164. The van der Waals surface area contributed by atoms with Crippen LogP contribution in [-0.4, -0.2) is 22.9 Å². The lowest BCUT2D eigenvalue weighted by Gasteiger charge is -2.09. The second-order valence-electron chi connectivity index (χ2n) is 3.03. The van der Waals surface area contributed by atoms with Crippen molar-refractivity contribution >= 4 is 5.69 Å². The number of nitrogens with two attached hydrogens (primary N) is 2. The van der Waals surface area contributed by atoms with E-state index in [1.165, 1.54) is 6.07 Å². The molecule has 1 unspecified atom stereocenters. The highest BCUT2D eigenvalue weighted by atomic mass is 16.3. The van der Waals surface area contributed by atoms with Gasteiger partial charge in [0.15, 0.2) is 0 Å². The number of anilines is 1. The van der Waals surface area contributed by atoms with Crippen molar-refractivity contribution in [3.8, 4) is 5.75 Å². The Morgan fingerprint density at radius 2 is 2.08 bits per heavy atom. The minimum Gasteiger partial charge on any atom is -0.508 e. The van der Waals surface area contributed by atoms with Crippen LogP contribution in [0, 0.1) is 0 Å². The number of aromatic hydroxyl groups is 1. The number of rotatable bonds is 3. The first kappa shape index (κ1) is 9.83. The Labute approximate surface area is 76.8 Å². The number of nitrogen functional groups attached to an aromatic ring is 1. The Kier molecular flexibility index (Phi) is 3.11. The molecule has 6 N–H and O–H groups in total. The van der Waals surface area contributed by atoms with E-state index in [1.807, 2.05) is 0 Å². The molecule has 0 bridgehead atoms. The van der Waals surface area contributed by atoms with Gasteiger partial charge in [-0.3, -0.25) is 0 Å². The molecule has 0 aromatic heterocycles. The van der Waals surface area contributed by atoms with Crippen LogP contribution >= 0.6 is 0 Å². The fourth-order valence-corrected chi connectivity index (χ4v) is 1.12. The Hall–Kier alpha value is -1.26. The standard InChI is InChI=1S/C9H14N2O2/c10-7-1-2-9(13)6(3-7)4-8(11)5-12/h1-3,8,12-13H,4-5,10-11H2. The van der Waals surface area contributed by atoms with Gasteiger partial charge < -0.3 is 21.7 Å². The SMILES string of the molecule is Nc1ccc(O)c(CC(N)CO)c1. The fraction of sp³-hybridized carbons (Fsp3) is 0.333. The summed E-state index contributed by atoms with van der Waals surface area (Å²) >= 11 is 0. The Bertz CT molecular complexity index is 289. The quantitative estimate of drug-likeness (QED) is 0.386. The molecule has 0 amide bonds. The number of benzene rings is 1. The van der Waals surface area contributed by atoms with E-state index in [0.29, 0.717) is 17.7 Å². The third-order valence-corrected chi connectivity index (χ3v) is 1.82. The van der Waals surface area contributed by atoms with Gasteiger partial charge in [-0.2, -0.15) is 0 Å². The van der Waals surface area contributed by atoms with Crippen LogP contribution in [0.25, 0.3) is 0 Å². The molecule has 4 heteroatoms. The molecular weight excluding hydrogens is 168 g/mol. The van der Waals surface area contributed by atoms with Gasteiger partial charge in [-0.1, -0.05) is 0 Å². The van der Waals surface area contributed by atoms with Gasteiger partial charge in [0.2, 0.25) is 0 Å².